The fourth-order valence-corrected chi connectivity index (χ4v) is 1.97. The van der Waals surface area contributed by atoms with Gasteiger partial charge in [0, 0.05) is 29.9 Å². The van der Waals surface area contributed by atoms with E-state index in [-0.39, 0.29) is 5.92 Å². The van der Waals surface area contributed by atoms with Gasteiger partial charge in [0.15, 0.2) is 0 Å². The molecule has 2 nitrogen and oxygen atoms in total. The molecule has 0 saturated heterocycles. The molecule has 1 aromatic heterocycles. The molecule has 0 saturated carbocycles. The van der Waals surface area contributed by atoms with Crippen LogP contribution >= 0.6 is 0 Å². The van der Waals surface area contributed by atoms with Gasteiger partial charge < -0.3 is 9.67 Å². The molecule has 2 rings (SSSR count). The van der Waals surface area contributed by atoms with Crippen molar-refractivity contribution >= 4 is 0 Å². The summed E-state index contributed by atoms with van der Waals surface area (Å²) in [6.07, 6.45) is 5.78. The summed E-state index contributed by atoms with van der Waals surface area (Å²) < 4.78 is 2.00. The molecule has 1 heterocycles. The number of aromatic hydroxyl groups is 1. The van der Waals surface area contributed by atoms with Crippen molar-refractivity contribution in [2.75, 3.05) is 0 Å². The zero-order chi connectivity index (χ0) is 12.4. The third-order valence-corrected chi connectivity index (χ3v) is 3.07. The van der Waals surface area contributed by atoms with Crippen molar-refractivity contribution < 1.29 is 5.11 Å². The lowest BCUT2D eigenvalue weighted by Gasteiger charge is -2.14. The van der Waals surface area contributed by atoms with Crippen LogP contribution in [0.25, 0.3) is 5.69 Å². The Morgan fingerprint density at radius 2 is 1.94 bits per heavy atom. The quantitative estimate of drug-likeness (QED) is 0.793. The smallest absolute Gasteiger partial charge is 0.121 e. The second kappa shape index (κ2) is 4.50. The average molecular weight is 227 g/mol. The molecule has 88 valence electrons. The molecule has 1 atom stereocenters. The number of rotatable bonds is 3. The Bertz CT molecular complexity index is 526. The lowest BCUT2D eigenvalue weighted by Crippen LogP contribution is -1.97. The number of aryl methyl sites for hydroxylation is 1. The Balaban J connectivity index is 2.52. The van der Waals surface area contributed by atoms with E-state index in [0.717, 1.165) is 16.8 Å². The van der Waals surface area contributed by atoms with Crippen molar-refractivity contribution in [3.8, 4) is 11.4 Å². The molecule has 2 heteroatoms. The summed E-state index contributed by atoms with van der Waals surface area (Å²) >= 11 is 0. The second-order valence-corrected chi connectivity index (χ2v) is 4.31. The number of nitrogens with zero attached hydrogens (tertiary/aromatic N) is 1. The minimum absolute atomic E-state index is 0.160. The molecule has 1 aromatic carbocycles. The van der Waals surface area contributed by atoms with Gasteiger partial charge in [-0.3, -0.25) is 0 Å². The molecular weight excluding hydrogens is 210 g/mol. The van der Waals surface area contributed by atoms with Crippen LogP contribution in [0.15, 0.2) is 49.3 Å². The summed E-state index contributed by atoms with van der Waals surface area (Å²) in [5.74, 6) is 0.485. The minimum atomic E-state index is 0.160. The van der Waals surface area contributed by atoms with Crippen molar-refractivity contribution in [2.24, 2.45) is 0 Å². The largest absolute Gasteiger partial charge is 0.508 e. The molecule has 1 N–H and O–H groups in total. The van der Waals surface area contributed by atoms with Crippen LogP contribution < -0.4 is 0 Å². The summed E-state index contributed by atoms with van der Waals surface area (Å²) in [5.41, 5.74) is 3.07. The monoisotopic (exact) mass is 227 g/mol. The molecule has 0 aliphatic rings. The van der Waals surface area contributed by atoms with E-state index in [4.69, 9.17) is 0 Å². The van der Waals surface area contributed by atoms with Crippen molar-refractivity contribution in [1.82, 2.24) is 4.57 Å². The summed E-state index contributed by atoms with van der Waals surface area (Å²) in [6.45, 7) is 7.84. The highest BCUT2D eigenvalue weighted by atomic mass is 16.3. The van der Waals surface area contributed by atoms with Gasteiger partial charge in [0.1, 0.15) is 5.75 Å². The maximum Gasteiger partial charge on any atom is 0.121 e. The number of benzene rings is 1. The predicted molar refractivity (Wildman–Crippen MR) is 70.8 cm³/mol. The molecular formula is C15H17NO. The molecule has 0 aliphatic heterocycles. The van der Waals surface area contributed by atoms with Crippen LogP contribution in [-0.2, 0) is 0 Å². The van der Waals surface area contributed by atoms with Crippen LogP contribution in [0.4, 0.5) is 0 Å². The third kappa shape index (κ3) is 2.11. The van der Waals surface area contributed by atoms with E-state index in [0.29, 0.717) is 5.75 Å². The van der Waals surface area contributed by atoms with Crippen molar-refractivity contribution in [1.29, 1.82) is 0 Å². The fourth-order valence-electron chi connectivity index (χ4n) is 1.97. The zero-order valence-electron chi connectivity index (χ0n) is 10.2. The molecule has 0 spiro atoms. The van der Waals surface area contributed by atoms with Crippen LogP contribution in [0.3, 0.4) is 0 Å². The lowest BCUT2D eigenvalue weighted by atomic mass is 9.97. The summed E-state index contributed by atoms with van der Waals surface area (Å²) in [6, 6.07) is 7.77. The Kier molecular flexibility index (Phi) is 3.05. The lowest BCUT2D eigenvalue weighted by molar-refractivity contribution is 0.466. The van der Waals surface area contributed by atoms with E-state index in [1.54, 1.807) is 0 Å². The Hall–Kier alpha value is -1.96. The zero-order valence-corrected chi connectivity index (χ0v) is 10.2. The van der Waals surface area contributed by atoms with E-state index in [1.165, 1.54) is 0 Å². The SMILES string of the molecule is C=CC(C)c1cc(C)c(-n2cccc2)cc1O. The maximum atomic E-state index is 10.1. The van der Waals surface area contributed by atoms with Gasteiger partial charge in [0.25, 0.3) is 0 Å². The number of hydrogen-bond donors (Lipinski definition) is 1. The normalized spacial score (nSPS) is 12.4. The molecule has 0 amide bonds. The standard InChI is InChI=1S/C15H17NO/c1-4-11(2)13-9-12(3)14(10-15(13)17)16-7-5-6-8-16/h4-11,17H,1H2,2-3H3. The van der Waals surface area contributed by atoms with E-state index < -0.39 is 0 Å². The van der Waals surface area contributed by atoms with E-state index in [2.05, 4.69) is 6.58 Å². The van der Waals surface area contributed by atoms with Gasteiger partial charge >= 0.3 is 0 Å². The van der Waals surface area contributed by atoms with Crippen LogP contribution in [-0.4, -0.2) is 9.67 Å². The first-order chi connectivity index (χ1) is 8.13. The first kappa shape index (κ1) is 11.5. The number of allylic oxidation sites excluding steroid dienone is 1. The first-order valence-electron chi connectivity index (χ1n) is 5.73. The Morgan fingerprint density at radius 3 is 2.53 bits per heavy atom. The Labute approximate surface area is 102 Å². The van der Waals surface area contributed by atoms with Crippen LogP contribution in [0.1, 0.15) is 24.0 Å². The molecule has 1 unspecified atom stereocenters. The van der Waals surface area contributed by atoms with Gasteiger partial charge in [-0.05, 0) is 30.7 Å². The maximum absolute atomic E-state index is 10.1. The highest BCUT2D eigenvalue weighted by Crippen LogP contribution is 2.31. The highest BCUT2D eigenvalue weighted by molar-refractivity contribution is 5.51. The summed E-state index contributed by atoms with van der Waals surface area (Å²) in [4.78, 5) is 0. The summed E-state index contributed by atoms with van der Waals surface area (Å²) in [5, 5.41) is 10.1. The van der Waals surface area contributed by atoms with Gasteiger partial charge in [-0.25, -0.2) is 0 Å². The number of phenols is 1. The molecule has 0 radical (unpaired) electrons. The number of aromatic nitrogens is 1. The minimum Gasteiger partial charge on any atom is -0.508 e. The summed E-state index contributed by atoms with van der Waals surface area (Å²) in [7, 11) is 0. The molecule has 0 bridgehead atoms. The fraction of sp³-hybridized carbons (Fsp3) is 0.200. The van der Waals surface area contributed by atoms with Crippen molar-refractivity contribution in [3.63, 3.8) is 0 Å². The van der Waals surface area contributed by atoms with Gasteiger partial charge in [0.05, 0.1) is 5.69 Å². The average Bonchev–Trinajstić information content (AvgIpc) is 2.84. The Morgan fingerprint density at radius 1 is 1.29 bits per heavy atom. The topological polar surface area (TPSA) is 25.2 Å². The predicted octanol–water partition coefficient (Wildman–Crippen LogP) is 3.78. The molecule has 0 aliphatic carbocycles. The van der Waals surface area contributed by atoms with Crippen LogP contribution in [0.5, 0.6) is 5.75 Å². The van der Waals surface area contributed by atoms with E-state index in [9.17, 15) is 5.11 Å². The van der Waals surface area contributed by atoms with Gasteiger partial charge in [0.2, 0.25) is 0 Å². The number of hydrogen-bond acceptors (Lipinski definition) is 1. The van der Waals surface area contributed by atoms with Gasteiger partial charge in [-0.15, -0.1) is 6.58 Å². The van der Waals surface area contributed by atoms with Crippen LogP contribution in [0.2, 0.25) is 0 Å². The van der Waals surface area contributed by atoms with E-state index >= 15 is 0 Å². The molecule has 17 heavy (non-hydrogen) atoms. The number of phenolic OH excluding ortho intramolecular Hbond substituents is 1. The first-order valence-corrected chi connectivity index (χ1v) is 5.73. The third-order valence-electron chi connectivity index (χ3n) is 3.07. The van der Waals surface area contributed by atoms with E-state index in [1.807, 2.05) is 61.1 Å². The highest BCUT2D eigenvalue weighted by Gasteiger charge is 2.11. The molecule has 2 aromatic rings. The molecule has 0 fully saturated rings. The van der Waals surface area contributed by atoms with Crippen LogP contribution in [0, 0.1) is 6.92 Å². The van der Waals surface area contributed by atoms with Crippen molar-refractivity contribution in [2.45, 2.75) is 19.8 Å². The second-order valence-electron chi connectivity index (χ2n) is 4.31. The van der Waals surface area contributed by atoms with Crippen molar-refractivity contribution in [3.05, 3.63) is 60.4 Å². The van der Waals surface area contributed by atoms with Gasteiger partial charge in [-0.2, -0.15) is 0 Å². The van der Waals surface area contributed by atoms with Gasteiger partial charge in [-0.1, -0.05) is 13.0 Å².